The lowest BCUT2D eigenvalue weighted by atomic mass is 10.2. The molecule has 0 aromatic carbocycles. The lowest BCUT2D eigenvalue weighted by molar-refractivity contribution is -0.574. The van der Waals surface area contributed by atoms with E-state index in [2.05, 4.69) is 25.0 Å². The van der Waals surface area contributed by atoms with Crippen molar-refractivity contribution in [2.45, 2.75) is 0 Å². The molecule has 4 N–H and O–H groups in total. The number of nitrogens with two attached hydrogens (primary N) is 1. The van der Waals surface area contributed by atoms with E-state index in [-0.39, 0.29) is 0 Å². The molecule has 0 saturated carbocycles. The van der Waals surface area contributed by atoms with Gasteiger partial charge in [-0.3, -0.25) is 0 Å². The van der Waals surface area contributed by atoms with Gasteiger partial charge in [0.05, 0.1) is 6.20 Å². The van der Waals surface area contributed by atoms with E-state index < -0.39 is 0 Å². The molecule has 88 valence electrons. The monoisotopic (exact) mass is 235 g/mol. The molecule has 0 saturated heterocycles. The highest BCUT2D eigenvalue weighted by atomic mass is 16.6. The van der Waals surface area contributed by atoms with Gasteiger partial charge in [-0.2, -0.15) is 0 Å². The number of rotatable bonds is 4. The van der Waals surface area contributed by atoms with Crippen molar-refractivity contribution in [1.82, 2.24) is 20.4 Å². The Bertz CT molecular complexity index is 624. The second-order valence-corrected chi connectivity index (χ2v) is 3.42. The molecule has 0 atom stereocenters. The van der Waals surface area contributed by atoms with Gasteiger partial charge >= 0.3 is 5.65 Å². The minimum atomic E-state index is 0.339. The second kappa shape index (κ2) is 3.91. The van der Waals surface area contributed by atoms with E-state index in [0.29, 0.717) is 24.7 Å². The first-order valence-corrected chi connectivity index (χ1v) is 5.12. The topological polar surface area (TPSA) is 110 Å². The summed E-state index contributed by atoms with van der Waals surface area (Å²) >= 11 is 0. The zero-order valence-electron chi connectivity index (χ0n) is 8.88. The molecule has 3 rings (SSSR count). The van der Waals surface area contributed by atoms with Gasteiger partial charge in [-0.05, 0) is 10.3 Å². The van der Waals surface area contributed by atoms with Crippen molar-refractivity contribution < 1.29 is 13.9 Å². The molecular formula is C9H11N6O2+. The Kier molecular flexibility index (Phi) is 2.26. The quantitative estimate of drug-likeness (QED) is 0.526. The standard InChI is InChI=1S/C9H10N6O2/c10-1-4-16-9-7(13-17-14-9)6-5-12-15-3-2-11-8(6)15/h2-3,5H,1,4,10H2,(H,11,12,13)/p+1. The Hall–Kier alpha value is -2.35. The number of hydrogen-bond donors (Lipinski definition) is 3. The molecule has 0 unspecified atom stereocenters. The number of aromatic nitrogens is 5. The molecule has 8 nitrogen and oxygen atoms in total. The molecule has 3 aromatic heterocycles. The van der Waals surface area contributed by atoms with Crippen LogP contribution in [0.25, 0.3) is 16.9 Å². The fourth-order valence-corrected chi connectivity index (χ4v) is 1.63. The molecule has 0 amide bonds. The maximum Gasteiger partial charge on any atom is 0.314 e. The summed E-state index contributed by atoms with van der Waals surface area (Å²) in [6.45, 7) is 0.777. The van der Waals surface area contributed by atoms with Gasteiger partial charge in [-0.25, -0.2) is 14.7 Å². The van der Waals surface area contributed by atoms with Crippen molar-refractivity contribution in [1.29, 1.82) is 0 Å². The van der Waals surface area contributed by atoms with Crippen LogP contribution >= 0.6 is 0 Å². The van der Waals surface area contributed by atoms with E-state index in [9.17, 15) is 0 Å². The van der Waals surface area contributed by atoms with Crippen LogP contribution in [0, 0.1) is 0 Å². The predicted molar refractivity (Wildman–Crippen MR) is 56.1 cm³/mol. The number of aromatic amines is 2. The SMILES string of the molecule is NCCOc1nonc1-c1c[nH][n+]2cc[nH]c12. The second-order valence-electron chi connectivity index (χ2n) is 3.42. The summed E-state index contributed by atoms with van der Waals surface area (Å²) in [6.07, 6.45) is 5.46. The lowest BCUT2D eigenvalue weighted by Gasteiger charge is -1.98. The van der Waals surface area contributed by atoms with Crippen LogP contribution in [0.2, 0.25) is 0 Å². The largest absolute Gasteiger partial charge is 0.473 e. The predicted octanol–water partition coefficient (Wildman–Crippen LogP) is -0.531. The molecule has 0 radical (unpaired) electrons. The number of ether oxygens (including phenoxy) is 1. The normalized spacial score (nSPS) is 11.1. The maximum absolute atomic E-state index is 5.37. The molecule has 0 spiro atoms. The summed E-state index contributed by atoms with van der Waals surface area (Å²) in [5, 5.41) is 10.6. The molecule has 0 aliphatic heterocycles. The Morgan fingerprint density at radius 3 is 3.29 bits per heavy atom. The van der Waals surface area contributed by atoms with Crippen molar-refractivity contribution in [3.8, 4) is 17.1 Å². The Labute approximate surface area is 95.3 Å². The van der Waals surface area contributed by atoms with Crippen LogP contribution in [0.4, 0.5) is 0 Å². The van der Waals surface area contributed by atoms with Crippen LogP contribution < -0.4 is 15.0 Å². The van der Waals surface area contributed by atoms with Gasteiger partial charge in [0.15, 0.2) is 11.9 Å². The molecule has 0 fully saturated rings. The van der Waals surface area contributed by atoms with Crippen LogP contribution in [0.15, 0.2) is 23.2 Å². The Morgan fingerprint density at radius 1 is 1.47 bits per heavy atom. The number of nitrogens with one attached hydrogen (secondary N) is 2. The third kappa shape index (κ3) is 1.54. The van der Waals surface area contributed by atoms with Gasteiger partial charge in [0.2, 0.25) is 0 Å². The van der Waals surface area contributed by atoms with E-state index in [1.807, 2.05) is 16.9 Å². The molecule has 0 bridgehead atoms. The molecular weight excluding hydrogens is 224 g/mol. The zero-order chi connectivity index (χ0) is 11.7. The summed E-state index contributed by atoms with van der Waals surface area (Å²) in [5.41, 5.74) is 7.59. The van der Waals surface area contributed by atoms with Crippen LogP contribution in [0.5, 0.6) is 5.88 Å². The van der Waals surface area contributed by atoms with E-state index >= 15 is 0 Å². The number of H-pyrrole nitrogens is 2. The minimum absolute atomic E-state index is 0.339. The first-order chi connectivity index (χ1) is 8.40. The molecule has 17 heavy (non-hydrogen) atoms. The Morgan fingerprint density at radius 2 is 2.41 bits per heavy atom. The fourth-order valence-electron chi connectivity index (χ4n) is 1.63. The maximum atomic E-state index is 5.37. The van der Waals surface area contributed by atoms with Crippen LogP contribution in [-0.4, -0.2) is 33.5 Å². The third-order valence-corrected chi connectivity index (χ3v) is 2.36. The van der Waals surface area contributed by atoms with Gasteiger partial charge in [-0.15, -0.1) is 4.52 Å². The van der Waals surface area contributed by atoms with E-state index in [1.165, 1.54) is 0 Å². The summed E-state index contributed by atoms with van der Waals surface area (Å²) in [6, 6.07) is 0. The van der Waals surface area contributed by atoms with Crippen LogP contribution in [-0.2, 0) is 0 Å². The van der Waals surface area contributed by atoms with E-state index in [1.54, 1.807) is 6.20 Å². The first kappa shape index (κ1) is 9.85. The highest BCUT2D eigenvalue weighted by molar-refractivity contribution is 5.74. The number of hydrogen-bond acceptors (Lipinski definition) is 5. The van der Waals surface area contributed by atoms with Crippen molar-refractivity contribution in [3.05, 3.63) is 18.6 Å². The van der Waals surface area contributed by atoms with Crippen LogP contribution in [0.1, 0.15) is 0 Å². The molecule has 3 aromatic rings. The van der Waals surface area contributed by atoms with Crippen LogP contribution in [0.3, 0.4) is 0 Å². The molecule has 0 aliphatic carbocycles. The molecule has 8 heteroatoms. The average Bonchev–Trinajstić information content (AvgIpc) is 3.01. The van der Waals surface area contributed by atoms with Crippen molar-refractivity contribution in [2.75, 3.05) is 13.2 Å². The van der Waals surface area contributed by atoms with Gasteiger partial charge < -0.3 is 10.5 Å². The van der Waals surface area contributed by atoms with Crippen molar-refractivity contribution >= 4 is 5.65 Å². The van der Waals surface area contributed by atoms with E-state index in [4.69, 9.17) is 10.5 Å². The van der Waals surface area contributed by atoms with Gasteiger partial charge in [0, 0.05) is 6.54 Å². The van der Waals surface area contributed by atoms with Crippen molar-refractivity contribution in [3.63, 3.8) is 0 Å². The average molecular weight is 235 g/mol. The highest BCUT2D eigenvalue weighted by Gasteiger charge is 2.22. The number of nitrogens with zero attached hydrogens (tertiary/aromatic N) is 3. The summed E-state index contributed by atoms with van der Waals surface area (Å²) in [7, 11) is 0. The first-order valence-electron chi connectivity index (χ1n) is 5.12. The lowest BCUT2D eigenvalue weighted by Crippen LogP contribution is -2.18. The zero-order valence-corrected chi connectivity index (χ0v) is 8.88. The number of imidazole rings is 1. The minimum Gasteiger partial charge on any atom is -0.473 e. The van der Waals surface area contributed by atoms with Gasteiger partial charge in [0.25, 0.3) is 5.88 Å². The smallest absolute Gasteiger partial charge is 0.314 e. The summed E-state index contributed by atoms with van der Waals surface area (Å²) < 4.78 is 11.9. The summed E-state index contributed by atoms with van der Waals surface area (Å²) in [4.78, 5) is 3.08. The third-order valence-electron chi connectivity index (χ3n) is 2.36. The van der Waals surface area contributed by atoms with Gasteiger partial charge in [0.1, 0.15) is 18.4 Å². The van der Waals surface area contributed by atoms with E-state index in [0.717, 1.165) is 11.2 Å². The molecule has 3 heterocycles. The summed E-state index contributed by atoms with van der Waals surface area (Å²) in [5.74, 6) is 0.339. The number of fused-ring (bicyclic) bond motifs is 1. The van der Waals surface area contributed by atoms with Gasteiger partial charge in [-0.1, -0.05) is 0 Å². The Balaban J connectivity index is 2.04. The molecule has 0 aliphatic rings. The fraction of sp³-hybridized carbons (Fsp3) is 0.222. The van der Waals surface area contributed by atoms with Crippen molar-refractivity contribution in [2.24, 2.45) is 5.73 Å². The highest BCUT2D eigenvalue weighted by Crippen LogP contribution is 2.27.